The number of ether oxygens (including phenoxy) is 1. The van der Waals surface area contributed by atoms with Crippen LogP contribution in [0, 0.1) is 0 Å². The molecular formula is C19H21N3O4. The van der Waals surface area contributed by atoms with E-state index in [1.165, 1.54) is 36.5 Å². The van der Waals surface area contributed by atoms with E-state index in [1.807, 2.05) is 31.2 Å². The van der Waals surface area contributed by atoms with Crippen LogP contribution in [-0.4, -0.2) is 47.9 Å². The number of likely N-dealkylation sites (N-methyl/N-ethyl adjacent to an activating group) is 1. The number of carbonyl (C=O) groups is 3. The summed E-state index contributed by atoms with van der Waals surface area (Å²) >= 11 is 0. The molecule has 0 saturated carbocycles. The van der Waals surface area contributed by atoms with Crippen LogP contribution in [0.5, 0.6) is 0 Å². The van der Waals surface area contributed by atoms with Crippen molar-refractivity contribution in [1.82, 2.24) is 9.88 Å². The Kier molecular flexibility index (Phi) is 6.84. The van der Waals surface area contributed by atoms with Gasteiger partial charge in [-0.05, 0) is 30.2 Å². The van der Waals surface area contributed by atoms with Crippen LogP contribution in [0.2, 0.25) is 0 Å². The van der Waals surface area contributed by atoms with Crippen molar-refractivity contribution in [3.8, 4) is 0 Å². The molecule has 0 bridgehead atoms. The van der Waals surface area contributed by atoms with E-state index in [-0.39, 0.29) is 12.5 Å². The SMILES string of the molecule is CCc1ccccc1NC(=O)CN(C)C(=O)COC(=O)c1ccncc1. The summed E-state index contributed by atoms with van der Waals surface area (Å²) in [6.45, 7) is 1.43. The van der Waals surface area contributed by atoms with Crippen LogP contribution in [0.25, 0.3) is 0 Å². The highest BCUT2D eigenvalue weighted by molar-refractivity contribution is 5.96. The summed E-state index contributed by atoms with van der Waals surface area (Å²) in [7, 11) is 1.48. The maximum atomic E-state index is 12.1. The first-order chi connectivity index (χ1) is 12.5. The highest BCUT2D eigenvalue weighted by Gasteiger charge is 2.16. The van der Waals surface area contributed by atoms with Gasteiger partial charge < -0.3 is 15.0 Å². The fourth-order valence-corrected chi connectivity index (χ4v) is 2.25. The number of nitrogens with one attached hydrogen (secondary N) is 1. The van der Waals surface area contributed by atoms with Gasteiger partial charge in [0.2, 0.25) is 5.91 Å². The van der Waals surface area contributed by atoms with Crippen LogP contribution in [0.4, 0.5) is 5.69 Å². The minimum atomic E-state index is -0.615. The molecule has 26 heavy (non-hydrogen) atoms. The van der Waals surface area contributed by atoms with Crippen LogP contribution in [0.15, 0.2) is 48.8 Å². The number of hydrogen-bond acceptors (Lipinski definition) is 5. The Morgan fingerprint density at radius 1 is 1.12 bits per heavy atom. The van der Waals surface area contributed by atoms with Crippen molar-refractivity contribution in [3.63, 3.8) is 0 Å². The normalized spacial score (nSPS) is 10.1. The van der Waals surface area contributed by atoms with Crippen molar-refractivity contribution in [2.24, 2.45) is 0 Å². The predicted octanol–water partition coefficient (Wildman–Crippen LogP) is 1.90. The van der Waals surface area contributed by atoms with Crippen LogP contribution in [-0.2, 0) is 20.7 Å². The molecule has 2 aromatic rings. The lowest BCUT2D eigenvalue weighted by molar-refractivity contribution is -0.136. The first-order valence-electron chi connectivity index (χ1n) is 8.20. The molecule has 0 fully saturated rings. The molecule has 1 aromatic heterocycles. The molecule has 136 valence electrons. The monoisotopic (exact) mass is 355 g/mol. The Morgan fingerprint density at radius 3 is 2.50 bits per heavy atom. The summed E-state index contributed by atoms with van der Waals surface area (Å²) in [5, 5.41) is 2.79. The van der Waals surface area contributed by atoms with Gasteiger partial charge in [0, 0.05) is 25.1 Å². The minimum absolute atomic E-state index is 0.135. The first-order valence-corrected chi connectivity index (χ1v) is 8.20. The zero-order chi connectivity index (χ0) is 18.9. The molecule has 2 rings (SSSR count). The number of carbonyl (C=O) groups excluding carboxylic acids is 3. The third-order valence-corrected chi connectivity index (χ3v) is 3.72. The van der Waals surface area contributed by atoms with E-state index in [4.69, 9.17) is 4.74 Å². The van der Waals surface area contributed by atoms with Gasteiger partial charge in [0.05, 0.1) is 12.1 Å². The molecule has 1 heterocycles. The zero-order valence-corrected chi connectivity index (χ0v) is 14.8. The molecule has 0 radical (unpaired) electrons. The number of nitrogens with zero attached hydrogens (tertiary/aromatic N) is 2. The highest BCUT2D eigenvalue weighted by Crippen LogP contribution is 2.15. The van der Waals surface area contributed by atoms with E-state index >= 15 is 0 Å². The van der Waals surface area contributed by atoms with Crippen molar-refractivity contribution >= 4 is 23.5 Å². The van der Waals surface area contributed by atoms with Crippen LogP contribution >= 0.6 is 0 Å². The Morgan fingerprint density at radius 2 is 1.81 bits per heavy atom. The maximum Gasteiger partial charge on any atom is 0.338 e. The van der Waals surface area contributed by atoms with Gasteiger partial charge in [0.1, 0.15) is 0 Å². The van der Waals surface area contributed by atoms with Gasteiger partial charge in [-0.15, -0.1) is 0 Å². The van der Waals surface area contributed by atoms with Crippen molar-refractivity contribution in [2.45, 2.75) is 13.3 Å². The number of rotatable bonds is 7. The lowest BCUT2D eigenvalue weighted by atomic mass is 10.1. The van der Waals surface area contributed by atoms with E-state index in [2.05, 4.69) is 10.3 Å². The lowest BCUT2D eigenvalue weighted by Crippen LogP contribution is -2.37. The summed E-state index contributed by atoms with van der Waals surface area (Å²) in [4.78, 5) is 41.0. The maximum absolute atomic E-state index is 12.1. The summed E-state index contributed by atoms with van der Waals surface area (Å²) < 4.78 is 4.96. The standard InChI is InChI=1S/C19H21N3O4/c1-3-14-6-4-5-7-16(14)21-17(23)12-22(2)18(24)13-26-19(25)15-8-10-20-11-9-15/h4-11H,3,12-13H2,1-2H3,(H,21,23). The molecule has 0 saturated heterocycles. The second-order valence-corrected chi connectivity index (χ2v) is 5.62. The van der Waals surface area contributed by atoms with E-state index in [0.29, 0.717) is 5.56 Å². The average Bonchev–Trinajstić information content (AvgIpc) is 2.66. The fourth-order valence-electron chi connectivity index (χ4n) is 2.25. The number of benzene rings is 1. The first kappa shape index (κ1) is 19.1. The van der Waals surface area contributed by atoms with Gasteiger partial charge in [-0.25, -0.2) is 4.79 Å². The molecule has 1 N–H and O–H groups in total. The van der Waals surface area contributed by atoms with Crippen molar-refractivity contribution in [2.75, 3.05) is 25.5 Å². The third kappa shape index (κ3) is 5.41. The van der Waals surface area contributed by atoms with Gasteiger partial charge in [0.15, 0.2) is 6.61 Å². The number of amides is 2. The second-order valence-electron chi connectivity index (χ2n) is 5.62. The van der Waals surface area contributed by atoms with Crippen molar-refractivity contribution < 1.29 is 19.1 Å². The number of aryl methyl sites for hydroxylation is 1. The number of hydrogen-bond donors (Lipinski definition) is 1. The molecule has 0 unspecified atom stereocenters. The molecule has 7 nitrogen and oxygen atoms in total. The molecule has 0 aliphatic carbocycles. The zero-order valence-electron chi connectivity index (χ0n) is 14.8. The van der Waals surface area contributed by atoms with Gasteiger partial charge in [-0.1, -0.05) is 25.1 Å². The largest absolute Gasteiger partial charge is 0.452 e. The van der Waals surface area contributed by atoms with Crippen molar-refractivity contribution in [1.29, 1.82) is 0 Å². The summed E-state index contributed by atoms with van der Waals surface area (Å²) in [5.41, 5.74) is 2.05. The van der Waals surface area contributed by atoms with Crippen LogP contribution in [0.3, 0.4) is 0 Å². The Hall–Kier alpha value is -3.22. The van der Waals surface area contributed by atoms with Crippen molar-refractivity contribution in [3.05, 3.63) is 59.9 Å². The topological polar surface area (TPSA) is 88.6 Å². The number of pyridine rings is 1. The minimum Gasteiger partial charge on any atom is -0.452 e. The molecule has 0 spiro atoms. The summed E-state index contributed by atoms with van der Waals surface area (Å²) in [6, 6.07) is 10.5. The van der Waals surface area contributed by atoms with E-state index in [0.717, 1.165) is 17.7 Å². The molecule has 0 aliphatic heterocycles. The molecular weight excluding hydrogens is 334 g/mol. The quantitative estimate of drug-likeness (QED) is 0.766. The number of anilines is 1. The summed E-state index contributed by atoms with van der Waals surface area (Å²) in [5.74, 6) is -1.40. The number of esters is 1. The average molecular weight is 355 g/mol. The fraction of sp³-hybridized carbons (Fsp3) is 0.263. The van der Waals surface area contributed by atoms with Gasteiger partial charge in [-0.2, -0.15) is 0 Å². The van der Waals surface area contributed by atoms with Crippen LogP contribution < -0.4 is 5.32 Å². The molecule has 2 amide bonds. The molecule has 0 aliphatic rings. The molecule has 7 heteroatoms. The van der Waals surface area contributed by atoms with Gasteiger partial charge in [0.25, 0.3) is 5.91 Å². The number of para-hydroxylation sites is 1. The van der Waals surface area contributed by atoms with E-state index in [9.17, 15) is 14.4 Å². The van der Waals surface area contributed by atoms with E-state index < -0.39 is 18.5 Å². The highest BCUT2D eigenvalue weighted by atomic mass is 16.5. The van der Waals surface area contributed by atoms with Gasteiger partial charge >= 0.3 is 5.97 Å². The smallest absolute Gasteiger partial charge is 0.338 e. The Bertz CT molecular complexity index is 777. The predicted molar refractivity (Wildman–Crippen MR) is 96.6 cm³/mol. The Balaban J connectivity index is 1.82. The third-order valence-electron chi connectivity index (χ3n) is 3.72. The van der Waals surface area contributed by atoms with Gasteiger partial charge in [-0.3, -0.25) is 14.6 Å². The number of aromatic nitrogens is 1. The van der Waals surface area contributed by atoms with Crippen LogP contribution in [0.1, 0.15) is 22.8 Å². The van der Waals surface area contributed by atoms with E-state index in [1.54, 1.807) is 0 Å². The Labute approximate surface area is 152 Å². The molecule has 1 aromatic carbocycles. The summed E-state index contributed by atoms with van der Waals surface area (Å²) in [6.07, 6.45) is 3.71. The molecule has 0 atom stereocenters. The lowest BCUT2D eigenvalue weighted by Gasteiger charge is -2.17. The second kappa shape index (κ2) is 9.31.